The molecule has 0 saturated carbocycles. The molecule has 0 saturated heterocycles. The van der Waals surface area contributed by atoms with Gasteiger partial charge in [-0.2, -0.15) is 5.10 Å². The van der Waals surface area contributed by atoms with Gasteiger partial charge in [-0.15, -0.1) is 0 Å². The van der Waals surface area contributed by atoms with Crippen LogP contribution in [-0.2, 0) is 24.2 Å². The zero-order valence-electron chi connectivity index (χ0n) is 19.4. The molecule has 178 valence electrons. The summed E-state index contributed by atoms with van der Waals surface area (Å²) in [7, 11) is 1.49. The Labute approximate surface area is 201 Å². The van der Waals surface area contributed by atoms with Crippen LogP contribution in [0.1, 0.15) is 30.2 Å². The van der Waals surface area contributed by atoms with Crippen LogP contribution < -0.4 is 15.4 Å². The molecule has 3 aromatic heterocycles. The molecule has 4 aromatic rings. The highest BCUT2D eigenvalue weighted by atomic mass is 19.1. The van der Waals surface area contributed by atoms with Crippen molar-refractivity contribution in [3.63, 3.8) is 0 Å². The summed E-state index contributed by atoms with van der Waals surface area (Å²) in [5, 5.41) is 10.7. The van der Waals surface area contributed by atoms with Gasteiger partial charge in [-0.05, 0) is 37.5 Å². The number of halogens is 1. The van der Waals surface area contributed by atoms with Crippen molar-refractivity contribution in [3.8, 4) is 17.3 Å². The van der Waals surface area contributed by atoms with Crippen molar-refractivity contribution in [2.75, 3.05) is 17.7 Å². The van der Waals surface area contributed by atoms with Gasteiger partial charge in [0.25, 0.3) is 0 Å². The normalized spacial score (nSPS) is 12.3. The van der Waals surface area contributed by atoms with Gasteiger partial charge in [0.2, 0.25) is 11.7 Å². The number of carbonyl (C=O) groups excluding carboxylic acids is 1. The maximum absolute atomic E-state index is 14.3. The minimum Gasteiger partial charge on any atom is -0.490 e. The first kappa shape index (κ1) is 22.5. The number of amides is 1. The number of hydrogen-bond acceptors (Lipinski definition) is 7. The Kier molecular flexibility index (Phi) is 6.09. The molecule has 1 amide bonds. The molecule has 35 heavy (non-hydrogen) atoms. The molecule has 1 aliphatic rings. The fraction of sp³-hybridized carbons (Fsp3) is 0.240. The lowest BCUT2D eigenvalue weighted by molar-refractivity contribution is -0.114. The van der Waals surface area contributed by atoms with Crippen LogP contribution in [0.25, 0.3) is 11.5 Å². The van der Waals surface area contributed by atoms with Crippen LogP contribution in [0.2, 0.25) is 0 Å². The van der Waals surface area contributed by atoms with Crippen molar-refractivity contribution in [2.24, 2.45) is 0 Å². The van der Waals surface area contributed by atoms with E-state index >= 15 is 0 Å². The maximum Gasteiger partial charge on any atom is 0.222 e. The maximum atomic E-state index is 14.3. The van der Waals surface area contributed by atoms with E-state index in [0.717, 1.165) is 36.2 Å². The molecule has 0 fully saturated rings. The van der Waals surface area contributed by atoms with E-state index in [2.05, 4.69) is 20.6 Å². The monoisotopic (exact) mass is 473 g/mol. The van der Waals surface area contributed by atoms with Crippen molar-refractivity contribution in [3.05, 3.63) is 71.4 Å². The first-order chi connectivity index (χ1) is 17.0. The van der Waals surface area contributed by atoms with Gasteiger partial charge in [0, 0.05) is 41.8 Å². The van der Waals surface area contributed by atoms with Crippen molar-refractivity contribution < 1.29 is 13.9 Å². The Morgan fingerprint density at radius 3 is 2.63 bits per heavy atom. The minimum absolute atomic E-state index is 0.233. The molecule has 5 rings (SSSR count). The summed E-state index contributed by atoms with van der Waals surface area (Å²) >= 11 is 0. The number of aromatic nitrogens is 5. The van der Waals surface area contributed by atoms with Crippen molar-refractivity contribution in [1.82, 2.24) is 24.7 Å². The Bertz CT molecular complexity index is 1390. The predicted octanol–water partition coefficient (Wildman–Crippen LogP) is 4.12. The lowest BCUT2D eigenvalue weighted by atomic mass is 10.2. The summed E-state index contributed by atoms with van der Waals surface area (Å²) in [6.07, 6.45) is 5.94. The molecule has 1 aromatic carbocycles. The van der Waals surface area contributed by atoms with Crippen molar-refractivity contribution in [2.45, 2.75) is 32.7 Å². The molecule has 1 aliphatic carbocycles. The van der Waals surface area contributed by atoms with E-state index in [9.17, 15) is 9.18 Å². The smallest absolute Gasteiger partial charge is 0.222 e. The van der Waals surface area contributed by atoms with Crippen LogP contribution in [0.15, 0.2) is 48.8 Å². The first-order valence-corrected chi connectivity index (χ1v) is 11.3. The molecule has 0 unspecified atom stereocenters. The second-order valence-electron chi connectivity index (χ2n) is 8.20. The van der Waals surface area contributed by atoms with Gasteiger partial charge < -0.3 is 15.4 Å². The molecule has 0 bridgehead atoms. The van der Waals surface area contributed by atoms with Gasteiger partial charge in [0.1, 0.15) is 11.5 Å². The fourth-order valence-electron chi connectivity index (χ4n) is 4.27. The van der Waals surface area contributed by atoms with Gasteiger partial charge in [0.15, 0.2) is 17.5 Å². The van der Waals surface area contributed by atoms with E-state index in [0.29, 0.717) is 35.2 Å². The van der Waals surface area contributed by atoms with Crippen LogP contribution in [0, 0.1) is 5.82 Å². The molecule has 0 radical (unpaired) electrons. The van der Waals surface area contributed by atoms with Crippen molar-refractivity contribution >= 4 is 23.2 Å². The third-order valence-electron chi connectivity index (χ3n) is 5.80. The van der Waals surface area contributed by atoms with Gasteiger partial charge >= 0.3 is 0 Å². The fourth-order valence-corrected chi connectivity index (χ4v) is 4.27. The number of anilines is 3. The van der Waals surface area contributed by atoms with Crippen LogP contribution >= 0.6 is 0 Å². The zero-order valence-corrected chi connectivity index (χ0v) is 19.4. The van der Waals surface area contributed by atoms with E-state index < -0.39 is 0 Å². The minimum atomic E-state index is -0.293. The molecule has 0 aliphatic heterocycles. The zero-order chi connectivity index (χ0) is 24.4. The van der Waals surface area contributed by atoms with Crippen molar-refractivity contribution in [1.29, 1.82) is 0 Å². The average Bonchev–Trinajstić information content (AvgIpc) is 3.45. The number of hydrogen-bond donors (Lipinski definition) is 2. The number of fused-ring (bicyclic) bond motifs is 1. The molecule has 10 heteroatoms. The van der Waals surface area contributed by atoms with E-state index in [1.165, 1.54) is 20.1 Å². The first-order valence-electron chi connectivity index (χ1n) is 11.3. The number of benzene rings is 1. The number of rotatable bonds is 7. The second kappa shape index (κ2) is 9.49. The van der Waals surface area contributed by atoms with Gasteiger partial charge in [-0.3, -0.25) is 14.5 Å². The van der Waals surface area contributed by atoms with Crippen LogP contribution in [0.3, 0.4) is 0 Å². The highest BCUT2D eigenvalue weighted by Crippen LogP contribution is 2.37. The Hall–Kier alpha value is -4.34. The number of carbonyl (C=O) groups is 1. The number of pyridine rings is 1. The Balaban J connectivity index is 1.61. The number of nitrogens with one attached hydrogen (secondary N) is 2. The van der Waals surface area contributed by atoms with Gasteiger partial charge in [0.05, 0.1) is 13.7 Å². The number of methoxy groups -OCH3 is 1. The highest BCUT2D eigenvalue weighted by molar-refractivity contribution is 5.91. The highest BCUT2D eigenvalue weighted by Gasteiger charge is 2.27. The summed E-state index contributed by atoms with van der Waals surface area (Å²) in [6.45, 7) is 1.71. The van der Waals surface area contributed by atoms with Crippen LogP contribution in [-0.4, -0.2) is 37.7 Å². The number of nitrogens with zero attached hydrogens (tertiary/aromatic N) is 5. The molecule has 9 nitrogen and oxygen atoms in total. The van der Waals surface area contributed by atoms with E-state index in [1.807, 2.05) is 10.7 Å². The predicted molar refractivity (Wildman–Crippen MR) is 129 cm³/mol. The molecule has 0 spiro atoms. The summed E-state index contributed by atoms with van der Waals surface area (Å²) in [5.74, 6) is 0.687. The van der Waals surface area contributed by atoms with E-state index in [-0.39, 0.29) is 17.5 Å². The lowest BCUT2D eigenvalue weighted by Gasteiger charge is -2.15. The molecular weight excluding hydrogens is 449 g/mol. The number of ether oxygens (including phenoxy) is 1. The largest absolute Gasteiger partial charge is 0.490 e. The lowest BCUT2D eigenvalue weighted by Crippen LogP contribution is -2.12. The van der Waals surface area contributed by atoms with Crippen LogP contribution in [0.5, 0.6) is 5.75 Å². The van der Waals surface area contributed by atoms with Gasteiger partial charge in [-0.1, -0.05) is 18.2 Å². The third-order valence-corrected chi connectivity index (χ3v) is 5.80. The second-order valence-corrected chi connectivity index (χ2v) is 8.20. The Morgan fingerprint density at radius 1 is 1.11 bits per heavy atom. The summed E-state index contributed by atoms with van der Waals surface area (Å²) in [5.41, 5.74) is 4.00. The Morgan fingerprint density at radius 2 is 1.89 bits per heavy atom. The molecule has 3 heterocycles. The SMILES string of the molecule is COc1c(NC(C)=O)nc(-c2nn(Cc3ccccc3F)c3c2CCC3)nc1Nc1ccncc1. The standard InChI is InChI=1S/C25H24FN7O2/c1-15(34)28-24-22(35-2)25(29-17-10-12-27-13-11-17)31-23(30-24)21-18-7-5-9-20(18)33(32-21)14-16-6-3-4-8-19(16)26/h3-4,6,8,10-13H,5,7,9,14H2,1-2H3,(H2,27,28,29,30,31,34). The summed E-state index contributed by atoms with van der Waals surface area (Å²) < 4.78 is 21.7. The topological polar surface area (TPSA) is 107 Å². The van der Waals surface area contributed by atoms with Gasteiger partial charge in [-0.25, -0.2) is 14.4 Å². The van der Waals surface area contributed by atoms with E-state index in [4.69, 9.17) is 14.8 Å². The molecule has 2 N–H and O–H groups in total. The molecular formula is C25H24FN7O2. The summed E-state index contributed by atoms with van der Waals surface area (Å²) in [4.78, 5) is 25.3. The van der Waals surface area contributed by atoms with E-state index in [1.54, 1.807) is 36.7 Å². The molecule has 0 atom stereocenters. The summed E-state index contributed by atoms with van der Waals surface area (Å²) in [6, 6.07) is 10.3. The average molecular weight is 474 g/mol. The van der Waals surface area contributed by atoms with Crippen LogP contribution in [0.4, 0.5) is 21.7 Å². The quantitative estimate of drug-likeness (QED) is 0.416. The third kappa shape index (κ3) is 4.54.